The lowest BCUT2D eigenvalue weighted by atomic mass is 9.75. The number of nitrogens with zero attached hydrogens (tertiary/aromatic N) is 4. The SMILES string of the molecule is COCCNC(=O)[C@@H]1CN2CC[C@@H]1C[C@@H]2Cn1cc(CC2CCCCC2)nn1. The van der Waals surface area contributed by atoms with E-state index in [9.17, 15) is 4.79 Å². The maximum atomic E-state index is 12.5. The van der Waals surface area contributed by atoms with E-state index in [2.05, 4.69) is 26.7 Å². The number of aromatic nitrogens is 3. The van der Waals surface area contributed by atoms with Crippen LogP contribution in [-0.2, 0) is 22.5 Å². The molecule has 3 saturated heterocycles. The lowest BCUT2D eigenvalue weighted by Crippen LogP contribution is -2.58. The number of fused-ring (bicyclic) bond motifs is 3. The largest absolute Gasteiger partial charge is 0.383 e. The van der Waals surface area contributed by atoms with Gasteiger partial charge >= 0.3 is 0 Å². The molecule has 0 radical (unpaired) electrons. The van der Waals surface area contributed by atoms with E-state index >= 15 is 0 Å². The van der Waals surface area contributed by atoms with E-state index in [0.717, 1.165) is 50.5 Å². The summed E-state index contributed by atoms with van der Waals surface area (Å²) in [5, 5.41) is 11.9. The Kier molecular flexibility index (Phi) is 6.62. The number of nitrogens with one attached hydrogen (secondary N) is 1. The molecular formula is C21H35N5O2. The third kappa shape index (κ3) is 4.74. The lowest BCUT2D eigenvalue weighted by molar-refractivity contribution is -0.133. The van der Waals surface area contributed by atoms with Crippen molar-refractivity contribution in [3.8, 4) is 0 Å². The molecule has 4 fully saturated rings. The van der Waals surface area contributed by atoms with Gasteiger partial charge in [-0.15, -0.1) is 5.10 Å². The van der Waals surface area contributed by atoms with Gasteiger partial charge in [-0.25, -0.2) is 0 Å². The second-order valence-electron chi connectivity index (χ2n) is 8.96. The van der Waals surface area contributed by atoms with Gasteiger partial charge < -0.3 is 10.1 Å². The molecule has 7 nitrogen and oxygen atoms in total. The predicted octanol–water partition coefficient (Wildman–Crippen LogP) is 1.87. The summed E-state index contributed by atoms with van der Waals surface area (Å²) in [5.74, 6) is 1.61. The summed E-state index contributed by atoms with van der Waals surface area (Å²) in [6, 6.07) is 0.478. The third-order valence-corrected chi connectivity index (χ3v) is 7.03. The lowest BCUT2D eigenvalue weighted by Gasteiger charge is -2.49. The number of carbonyl (C=O) groups is 1. The Hall–Kier alpha value is -1.47. The van der Waals surface area contributed by atoms with Gasteiger partial charge in [-0.2, -0.15) is 0 Å². The second-order valence-corrected chi connectivity index (χ2v) is 8.96. The fourth-order valence-electron chi connectivity index (χ4n) is 5.46. The molecule has 3 aliphatic heterocycles. The van der Waals surface area contributed by atoms with Crippen molar-refractivity contribution in [2.45, 2.75) is 64.0 Å². The molecule has 1 aromatic rings. The van der Waals surface area contributed by atoms with Crippen molar-refractivity contribution < 1.29 is 9.53 Å². The van der Waals surface area contributed by atoms with Crippen molar-refractivity contribution in [3.05, 3.63) is 11.9 Å². The first-order valence-electron chi connectivity index (χ1n) is 11.1. The van der Waals surface area contributed by atoms with Gasteiger partial charge in [-0.05, 0) is 37.6 Å². The quantitative estimate of drug-likeness (QED) is 0.687. The van der Waals surface area contributed by atoms with Gasteiger partial charge in [0.1, 0.15) is 0 Å². The topological polar surface area (TPSA) is 72.3 Å². The van der Waals surface area contributed by atoms with Crippen LogP contribution >= 0.6 is 0 Å². The Morgan fingerprint density at radius 3 is 2.89 bits per heavy atom. The van der Waals surface area contributed by atoms with Crippen LogP contribution in [0, 0.1) is 17.8 Å². The van der Waals surface area contributed by atoms with Crippen LogP contribution in [0.5, 0.6) is 0 Å². The van der Waals surface area contributed by atoms with E-state index in [4.69, 9.17) is 4.74 Å². The molecule has 7 heteroatoms. The Morgan fingerprint density at radius 2 is 2.14 bits per heavy atom. The van der Waals surface area contributed by atoms with Crippen molar-refractivity contribution in [1.82, 2.24) is 25.2 Å². The van der Waals surface area contributed by atoms with Gasteiger partial charge in [0.2, 0.25) is 5.91 Å². The van der Waals surface area contributed by atoms with E-state index in [1.807, 2.05) is 4.68 Å². The van der Waals surface area contributed by atoms with E-state index in [1.54, 1.807) is 7.11 Å². The zero-order valence-corrected chi connectivity index (χ0v) is 17.2. The highest BCUT2D eigenvalue weighted by Gasteiger charge is 2.43. The Labute approximate surface area is 168 Å². The molecule has 156 valence electrons. The summed E-state index contributed by atoms with van der Waals surface area (Å²) in [6.07, 6.45) is 12.3. The fourth-order valence-corrected chi connectivity index (χ4v) is 5.46. The van der Waals surface area contributed by atoms with Gasteiger partial charge in [0.25, 0.3) is 0 Å². The van der Waals surface area contributed by atoms with Crippen molar-refractivity contribution in [1.29, 1.82) is 0 Å². The fraction of sp³-hybridized carbons (Fsp3) is 0.857. The van der Waals surface area contributed by atoms with Crippen LogP contribution in [0.25, 0.3) is 0 Å². The van der Waals surface area contributed by atoms with Gasteiger partial charge in [-0.3, -0.25) is 14.4 Å². The van der Waals surface area contributed by atoms with Crippen LogP contribution in [-0.4, -0.2) is 65.2 Å². The van der Waals surface area contributed by atoms with Crippen molar-refractivity contribution in [2.24, 2.45) is 17.8 Å². The number of ether oxygens (including phenoxy) is 1. The highest BCUT2D eigenvalue weighted by Crippen LogP contribution is 2.37. The molecule has 5 rings (SSSR count). The Morgan fingerprint density at radius 1 is 1.29 bits per heavy atom. The summed E-state index contributed by atoms with van der Waals surface area (Å²) in [7, 11) is 1.66. The first-order chi connectivity index (χ1) is 13.7. The normalized spacial score (nSPS) is 30.5. The van der Waals surface area contributed by atoms with Crippen LogP contribution in [0.1, 0.15) is 50.6 Å². The molecule has 1 unspecified atom stereocenters. The minimum absolute atomic E-state index is 0.125. The average Bonchev–Trinajstić information content (AvgIpc) is 3.16. The minimum Gasteiger partial charge on any atom is -0.383 e. The van der Waals surface area contributed by atoms with Crippen LogP contribution in [0.3, 0.4) is 0 Å². The molecule has 1 N–H and O–H groups in total. The van der Waals surface area contributed by atoms with Gasteiger partial charge in [0.05, 0.1) is 24.8 Å². The summed E-state index contributed by atoms with van der Waals surface area (Å²) in [4.78, 5) is 15.0. The van der Waals surface area contributed by atoms with E-state index in [-0.39, 0.29) is 11.8 Å². The maximum Gasteiger partial charge on any atom is 0.224 e. The van der Waals surface area contributed by atoms with Crippen LogP contribution in [0.15, 0.2) is 6.20 Å². The predicted molar refractivity (Wildman–Crippen MR) is 107 cm³/mol. The number of piperidine rings is 3. The van der Waals surface area contributed by atoms with E-state index in [0.29, 0.717) is 25.1 Å². The summed E-state index contributed by atoms with van der Waals surface area (Å²) >= 11 is 0. The van der Waals surface area contributed by atoms with Crippen molar-refractivity contribution in [2.75, 3.05) is 33.4 Å². The molecule has 28 heavy (non-hydrogen) atoms. The number of hydrogen-bond donors (Lipinski definition) is 1. The van der Waals surface area contributed by atoms with Gasteiger partial charge in [0, 0.05) is 32.4 Å². The molecule has 4 aliphatic rings. The molecule has 4 atom stereocenters. The van der Waals surface area contributed by atoms with Crippen LogP contribution in [0.4, 0.5) is 0 Å². The van der Waals surface area contributed by atoms with E-state index < -0.39 is 0 Å². The summed E-state index contributed by atoms with van der Waals surface area (Å²) < 4.78 is 7.07. The third-order valence-electron chi connectivity index (χ3n) is 7.03. The molecule has 0 spiro atoms. The molecule has 1 aromatic heterocycles. The van der Waals surface area contributed by atoms with Gasteiger partial charge in [0.15, 0.2) is 0 Å². The molecule has 2 bridgehead atoms. The monoisotopic (exact) mass is 389 g/mol. The smallest absolute Gasteiger partial charge is 0.224 e. The van der Waals surface area contributed by atoms with E-state index in [1.165, 1.54) is 32.1 Å². The van der Waals surface area contributed by atoms with Gasteiger partial charge in [-0.1, -0.05) is 37.3 Å². The number of methoxy groups -OCH3 is 1. The Balaban J connectivity index is 1.28. The Bertz CT molecular complexity index is 642. The number of amides is 1. The number of hydrogen-bond acceptors (Lipinski definition) is 5. The first-order valence-corrected chi connectivity index (χ1v) is 11.1. The summed E-state index contributed by atoms with van der Waals surface area (Å²) in [5.41, 5.74) is 1.15. The zero-order chi connectivity index (χ0) is 19.3. The minimum atomic E-state index is 0.125. The maximum absolute atomic E-state index is 12.5. The standard InChI is InChI=1S/C21H35N5O2/c1-28-10-8-22-21(27)20-15-25-9-7-17(20)12-19(25)14-26-13-18(23-24-26)11-16-5-3-2-4-6-16/h13,16-17,19-20H,2-12,14-15H2,1H3,(H,22,27)/t17-,19-,20-/m1/s1. The molecule has 1 amide bonds. The molecule has 1 saturated carbocycles. The molecular weight excluding hydrogens is 354 g/mol. The van der Waals surface area contributed by atoms with Crippen LogP contribution in [0.2, 0.25) is 0 Å². The van der Waals surface area contributed by atoms with Crippen molar-refractivity contribution in [3.63, 3.8) is 0 Å². The number of rotatable bonds is 8. The second kappa shape index (κ2) is 9.35. The highest BCUT2D eigenvalue weighted by atomic mass is 16.5. The summed E-state index contributed by atoms with van der Waals surface area (Å²) in [6.45, 7) is 4.04. The number of carbonyl (C=O) groups excluding carboxylic acids is 1. The van der Waals surface area contributed by atoms with Crippen molar-refractivity contribution >= 4 is 5.91 Å². The zero-order valence-electron chi connectivity index (χ0n) is 17.2. The van der Waals surface area contributed by atoms with Crippen LogP contribution < -0.4 is 5.32 Å². The first kappa shape index (κ1) is 19.8. The molecule has 0 aromatic carbocycles. The molecule has 4 heterocycles. The highest BCUT2D eigenvalue weighted by molar-refractivity contribution is 5.79. The molecule has 1 aliphatic carbocycles. The average molecular weight is 390 g/mol.